The molecule has 0 amide bonds. The largest absolute Gasteiger partial charge is 0.479 e. The molecule has 168 valence electrons. The zero-order valence-corrected chi connectivity index (χ0v) is 19.2. The molecule has 0 fully saturated rings. The van der Waals surface area contributed by atoms with Crippen LogP contribution in [0.5, 0.6) is 5.88 Å². The lowest BCUT2D eigenvalue weighted by atomic mass is 10.1. The van der Waals surface area contributed by atoms with E-state index in [1.165, 1.54) is 36.4 Å². The van der Waals surface area contributed by atoms with E-state index in [1.807, 2.05) is 0 Å². The zero-order chi connectivity index (χ0) is 22.1. The number of carbonyl (C=O) groups is 1. The topological polar surface area (TPSA) is 97.0 Å². The predicted molar refractivity (Wildman–Crippen MR) is 121 cm³/mol. The molecular formula is C20H20ClFN6O3S. The van der Waals surface area contributed by atoms with Crippen LogP contribution < -0.4 is 4.74 Å². The van der Waals surface area contributed by atoms with Gasteiger partial charge in [-0.1, -0.05) is 23.7 Å². The Kier molecular flexibility index (Phi) is 6.99. The first-order valence-corrected chi connectivity index (χ1v) is 9.77. The fraction of sp³-hybridized carbons (Fsp3) is 0.250. The lowest BCUT2D eigenvalue weighted by Gasteiger charge is -2.16. The summed E-state index contributed by atoms with van der Waals surface area (Å²) in [7, 11) is 1.46. The Labute approximate surface area is 194 Å². The molecule has 1 aromatic carbocycles. The highest BCUT2D eigenvalue weighted by Gasteiger charge is 2.22. The lowest BCUT2D eigenvalue weighted by Crippen LogP contribution is -2.12. The van der Waals surface area contributed by atoms with Gasteiger partial charge in [-0.05, 0) is 19.9 Å². The van der Waals surface area contributed by atoms with Crippen molar-refractivity contribution in [2.24, 2.45) is 0 Å². The summed E-state index contributed by atoms with van der Waals surface area (Å²) in [6.45, 7) is 3.76. The van der Waals surface area contributed by atoms with Crippen LogP contribution >= 0.6 is 25.1 Å². The van der Waals surface area contributed by atoms with Gasteiger partial charge in [-0.3, -0.25) is 4.68 Å². The highest BCUT2D eigenvalue weighted by molar-refractivity contribution is 7.59. The van der Waals surface area contributed by atoms with Crippen molar-refractivity contribution in [1.82, 2.24) is 29.5 Å². The first kappa shape index (κ1) is 23.5. The highest BCUT2D eigenvalue weighted by Crippen LogP contribution is 2.31. The van der Waals surface area contributed by atoms with Gasteiger partial charge in [-0.25, -0.2) is 18.9 Å². The molecule has 1 atom stereocenters. The summed E-state index contributed by atoms with van der Waals surface area (Å²) in [5.41, 5.74) is 1.58. The van der Waals surface area contributed by atoms with E-state index in [0.29, 0.717) is 16.6 Å². The number of rotatable bonds is 6. The number of hydrogen-bond donors (Lipinski definition) is 0. The van der Waals surface area contributed by atoms with Crippen LogP contribution in [0.4, 0.5) is 4.39 Å². The second kappa shape index (κ2) is 9.53. The van der Waals surface area contributed by atoms with Crippen molar-refractivity contribution in [1.29, 1.82) is 0 Å². The molecular weight excluding hydrogens is 459 g/mol. The summed E-state index contributed by atoms with van der Waals surface area (Å²) in [6, 6.07) is 4.30. The van der Waals surface area contributed by atoms with Crippen molar-refractivity contribution in [3.63, 3.8) is 0 Å². The van der Waals surface area contributed by atoms with E-state index in [2.05, 4.69) is 20.2 Å². The summed E-state index contributed by atoms with van der Waals surface area (Å²) < 4.78 is 27.9. The molecule has 0 radical (unpaired) electrons. The number of hydrogen-bond acceptors (Lipinski definition) is 7. The smallest absolute Gasteiger partial charge is 0.341 e. The number of esters is 1. The number of fused-ring (bicyclic) bond motifs is 1. The SMILES string of the molecule is CCOC(=O)c1cnn(-c2nc(OC)c3c(cnn3[C@@H](C)c3cccc(Cl)c3F)n2)c1.S. The Hall–Kier alpha value is -3.18. The standard InChI is InChI=1S/C20H18ClFN6O3.H2S/c1-4-31-19(29)12-8-23-27(10-12)20-25-15-9-24-28(17(15)18(26-20)30-3)11(2)13-6-5-7-14(21)16(13)22;/h5-11H,4H2,1-3H3;1H2/t11-;/m0./s1. The minimum absolute atomic E-state index is 0. The summed E-state index contributed by atoms with van der Waals surface area (Å²) in [6.07, 6.45) is 4.36. The van der Waals surface area contributed by atoms with Crippen LogP contribution in [-0.4, -0.2) is 49.2 Å². The van der Waals surface area contributed by atoms with Gasteiger partial charge >= 0.3 is 5.97 Å². The quantitative estimate of drug-likeness (QED) is 0.389. The summed E-state index contributed by atoms with van der Waals surface area (Å²) in [4.78, 5) is 20.7. The monoisotopic (exact) mass is 478 g/mol. The first-order chi connectivity index (χ1) is 14.9. The number of nitrogens with zero attached hydrogens (tertiary/aromatic N) is 6. The number of methoxy groups -OCH3 is 1. The van der Waals surface area contributed by atoms with Gasteiger partial charge in [0.15, 0.2) is 0 Å². The van der Waals surface area contributed by atoms with Crippen LogP contribution in [0.3, 0.4) is 0 Å². The van der Waals surface area contributed by atoms with E-state index in [4.69, 9.17) is 21.1 Å². The summed E-state index contributed by atoms with van der Waals surface area (Å²) >= 11 is 5.93. The number of aromatic nitrogens is 6. The Morgan fingerprint density at radius 1 is 1.25 bits per heavy atom. The Balaban J connectivity index is 0.00000289. The van der Waals surface area contributed by atoms with E-state index < -0.39 is 17.8 Å². The molecule has 0 aliphatic heterocycles. The molecule has 4 rings (SSSR count). The van der Waals surface area contributed by atoms with Crippen molar-refractivity contribution in [3.8, 4) is 11.8 Å². The van der Waals surface area contributed by atoms with Crippen LogP contribution in [0.15, 0.2) is 36.8 Å². The molecule has 9 nitrogen and oxygen atoms in total. The average Bonchev–Trinajstić information content (AvgIpc) is 3.42. The van der Waals surface area contributed by atoms with E-state index in [1.54, 1.807) is 30.7 Å². The fourth-order valence-electron chi connectivity index (χ4n) is 3.18. The van der Waals surface area contributed by atoms with Crippen LogP contribution in [0, 0.1) is 5.82 Å². The molecule has 32 heavy (non-hydrogen) atoms. The molecule has 0 bridgehead atoms. The van der Waals surface area contributed by atoms with E-state index in [0.717, 1.165) is 0 Å². The zero-order valence-electron chi connectivity index (χ0n) is 17.4. The van der Waals surface area contributed by atoms with Gasteiger partial charge in [0.25, 0.3) is 5.95 Å². The maximum atomic E-state index is 14.5. The number of benzene rings is 1. The molecule has 4 aromatic rings. The molecule has 0 unspecified atom stereocenters. The van der Waals surface area contributed by atoms with Gasteiger partial charge in [-0.2, -0.15) is 28.7 Å². The Bertz CT molecular complexity index is 1280. The van der Waals surface area contributed by atoms with Crippen LogP contribution in [0.1, 0.15) is 35.8 Å². The van der Waals surface area contributed by atoms with Crippen molar-refractivity contribution in [2.75, 3.05) is 13.7 Å². The third-order valence-corrected chi connectivity index (χ3v) is 4.98. The number of ether oxygens (including phenoxy) is 2. The van der Waals surface area contributed by atoms with Crippen molar-refractivity contribution < 1.29 is 18.7 Å². The fourth-order valence-corrected chi connectivity index (χ4v) is 3.37. The normalized spacial score (nSPS) is 11.8. The highest BCUT2D eigenvalue weighted by atomic mass is 35.5. The average molecular weight is 479 g/mol. The van der Waals surface area contributed by atoms with Gasteiger partial charge in [0, 0.05) is 11.8 Å². The number of carbonyl (C=O) groups excluding carboxylic acids is 1. The van der Waals surface area contributed by atoms with Gasteiger partial charge in [0.05, 0.1) is 42.7 Å². The van der Waals surface area contributed by atoms with E-state index in [9.17, 15) is 9.18 Å². The minimum Gasteiger partial charge on any atom is -0.479 e. The van der Waals surface area contributed by atoms with E-state index >= 15 is 0 Å². The molecule has 0 saturated heterocycles. The molecule has 0 N–H and O–H groups in total. The molecule has 3 heterocycles. The third-order valence-electron chi connectivity index (χ3n) is 4.69. The summed E-state index contributed by atoms with van der Waals surface area (Å²) in [5, 5.41) is 8.52. The maximum Gasteiger partial charge on any atom is 0.341 e. The predicted octanol–water partition coefficient (Wildman–Crippen LogP) is 3.71. The lowest BCUT2D eigenvalue weighted by molar-refractivity contribution is 0.0526. The maximum absolute atomic E-state index is 14.5. The molecule has 0 aliphatic carbocycles. The summed E-state index contributed by atoms with van der Waals surface area (Å²) in [5.74, 6) is -0.604. The van der Waals surface area contributed by atoms with Crippen molar-refractivity contribution in [2.45, 2.75) is 19.9 Å². The Morgan fingerprint density at radius 3 is 2.75 bits per heavy atom. The van der Waals surface area contributed by atoms with Crippen molar-refractivity contribution in [3.05, 3.63) is 58.8 Å². The van der Waals surface area contributed by atoms with Gasteiger partial charge in [0.2, 0.25) is 5.88 Å². The van der Waals surface area contributed by atoms with Crippen LogP contribution in [0.2, 0.25) is 5.02 Å². The Morgan fingerprint density at radius 2 is 2.03 bits per heavy atom. The van der Waals surface area contributed by atoms with Crippen molar-refractivity contribution >= 4 is 42.1 Å². The minimum atomic E-state index is -0.514. The van der Waals surface area contributed by atoms with Gasteiger partial charge < -0.3 is 9.47 Å². The molecule has 0 spiro atoms. The molecule has 3 aromatic heterocycles. The van der Waals surface area contributed by atoms with E-state index in [-0.39, 0.29) is 42.5 Å². The van der Waals surface area contributed by atoms with Gasteiger partial charge in [-0.15, -0.1) is 0 Å². The molecule has 0 aliphatic rings. The number of halogens is 2. The second-order valence-corrected chi connectivity index (χ2v) is 6.98. The van der Waals surface area contributed by atoms with Crippen LogP contribution in [-0.2, 0) is 4.74 Å². The third kappa shape index (κ3) is 4.13. The first-order valence-electron chi connectivity index (χ1n) is 9.39. The molecule has 0 saturated carbocycles. The second-order valence-electron chi connectivity index (χ2n) is 6.57. The van der Waals surface area contributed by atoms with Crippen LogP contribution in [0.25, 0.3) is 17.0 Å². The molecule has 12 heteroatoms. The van der Waals surface area contributed by atoms with Gasteiger partial charge in [0.1, 0.15) is 16.9 Å².